The van der Waals surface area contributed by atoms with Crippen molar-refractivity contribution in [3.63, 3.8) is 0 Å². The van der Waals surface area contributed by atoms with E-state index >= 15 is 0 Å². The van der Waals surface area contributed by atoms with E-state index in [2.05, 4.69) is 42.1 Å². The number of piperazine rings is 1. The second-order valence-corrected chi connectivity index (χ2v) is 7.47. The first-order valence-corrected chi connectivity index (χ1v) is 10.4. The molecule has 30 heavy (non-hydrogen) atoms. The minimum atomic E-state index is 0.691. The maximum atomic E-state index is 5.55. The number of hydrogen-bond donors (Lipinski definition) is 1. The number of fused-ring (bicyclic) bond motifs is 1. The van der Waals surface area contributed by atoms with Gasteiger partial charge in [0.1, 0.15) is 17.4 Å². The Morgan fingerprint density at radius 2 is 1.67 bits per heavy atom. The van der Waals surface area contributed by atoms with Crippen molar-refractivity contribution in [2.45, 2.75) is 0 Å². The number of nitrogens with one attached hydrogen (secondary N) is 1. The Bertz CT molecular complexity index is 1000. The van der Waals surface area contributed by atoms with Gasteiger partial charge in [0.2, 0.25) is 5.95 Å². The predicted octanol–water partition coefficient (Wildman–Crippen LogP) is 1.43. The van der Waals surface area contributed by atoms with Crippen molar-refractivity contribution in [1.82, 2.24) is 25.3 Å². The summed E-state index contributed by atoms with van der Waals surface area (Å²) in [6, 6.07) is 10.2. The molecule has 0 bridgehead atoms. The number of benzene rings is 1. The molecule has 9 nitrogen and oxygen atoms in total. The molecule has 3 aromatic rings. The number of anilines is 4. The third-order valence-electron chi connectivity index (χ3n) is 5.60. The fraction of sp³-hybridized carbons (Fsp3) is 0.429. The summed E-state index contributed by atoms with van der Waals surface area (Å²) in [5.41, 5.74) is 2.60. The summed E-state index contributed by atoms with van der Waals surface area (Å²) in [6.07, 6.45) is 1.61. The number of hydrogen-bond acceptors (Lipinski definition) is 9. The van der Waals surface area contributed by atoms with E-state index in [1.807, 2.05) is 25.2 Å². The molecule has 2 fully saturated rings. The van der Waals surface area contributed by atoms with Gasteiger partial charge in [-0.3, -0.25) is 0 Å². The first-order valence-electron chi connectivity index (χ1n) is 10.4. The summed E-state index contributed by atoms with van der Waals surface area (Å²) < 4.78 is 5.55. The molecule has 156 valence electrons. The summed E-state index contributed by atoms with van der Waals surface area (Å²) >= 11 is 0. The van der Waals surface area contributed by atoms with Gasteiger partial charge >= 0.3 is 0 Å². The molecule has 0 spiro atoms. The molecule has 0 aliphatic carbocycles. The molecular formula is C21H26N8O. The molecule has 2 aliphatic rings. The second kappa shape index (κ2) is 8.37. The van der Waals surface area contributed by atoms with Crippen LogP contribution in [0.1, 0.15) is 0 Å². The molecular weight excluding hydrogens is 380 g/mol. The Morgan fingerprint density at radius 1 is 0.900 bits per heavy atom. The molecule has 0 radical (unpaired) electrons. The minimum absolute atomic E-state index is 0.691. The molecule has 9 heteroatoms. The van der Waals surface area contributed by atoms with E-state index in [1.165, 1.54) is 0 Å². The van der Waals surface area contributed by atoms with E-state index in [4.69, 9.17) is 14.7 Å². The van der Waals surface area contributed by atoms with Crippen molar-refractivity contribution in [1.29, 1.82) is 0 Å². The van der Waals surface area contributed by atoms with Gasteiger partial charge in [0, 0.05) is 52.0 Å². The van der Waals surface area contributed by atoms with Crippen LogP contribution in [0.3, 0.4) is 0 Å². The number of aromatic nitrogens is 4. The zero-order valence-corrected chi connectivity index (χ0v) is 17.2. The van der Waals surface area contributed by atoms with Crippen LogP contribution < -0.4 is 20.0 Å². The molecule has 1 N–H and O–H groups in total. The Kier molecular flexibility index (Phi) is 5.29. The molecule has 1 aromatic carbocycles. The fourth-order valence-electron chi connectivity index (χ4n) is 3.93. The highest BCUT2D eigenvalue weighted by Crippen LogP contribution is 2.32. The second-order valence-electron chi connectivity index (χ2n) is 7.47. The summed E-state index contributed by atoms with van der Waals surface area (Å²) in [5, 5.41) is 3.39. The van der Waals surface area contributed by atoms with E-state index in [1.54, 1.807) is 6.33 Å². The van der Waals surface area contributed by atoms with Crippen LogP contribution in [0.15, 0.2) is 36.7 Å². The number of rotatable bonds is 4. The third-order valence-corrected chi connectivity index (χ3v) is 5.60. The maximum absolute atomic E-state index is 5.55. The van der Waals surface area contributed by atoms with Gasteiger partial charge in [-0.15, -0.1) is 0 Å². The highest BCUT2D eigenvalue weighted by Gasteiger charge is 2.24. The molecule has 0 atom stereocenters. The van der Waals surface area contributed by atoms with Crippen LogP contribution in [0, 0.1) is 0 Å². The molecule has 0 unspecified atom stereocenters. The van der Waals surface area contributed by atoms with Crippen molar-refractivity contribution in [2.24, 2.45) is 0 Å². The van der Waals surface area contributed by atoms with Gasteiger partial charge in [0.15, 0.2) is 11.6 Å². The van der Waals surface area contributed by atoms with Gasteiger partial charge in [0.25, 0.3) is 0 Å². The van der Waals surface area contributed by atoms with Gasteiger partial charge in [-0.2, -0.15) is 4.98 Å². The van der Waals surface area contributed by atoms with Crippen LogP contribution in [-0.2, 0) is 4.74 Å². The third kappa shape index (κ3) is 3.61. The molecule has 4 heterocycles. The summed E-state index contributed by atoms with van der Waals surface area (Å²) in [4.78, 5) is 25.7. The van der Waals surface area contributed by atoms with Gasteiger partial charge in [-0.1, -0.05) is 18.2 Å². The quantitative estimate of drug-likeness (QED) is 0.692. The molecule has 2 aromatic heterocycles. The smallest absolute Gasteiger partial charge is 0.228 e. The van der Waals surface area contributed by atoms with E-state index < -0.39 is 0 Å². The zero-order valence-electron chi connectivity index (χ0n) is 17.2. The lowest BCUT2D eigenvalue weighted by Crippen LogP contribution is -2.44. The Hall–Kier alpha value is -3.04. The lowest BCUT2D eigenvalue weighted by atomic mass is 10.2. The van der Waals surface area contributed by atoms with Crippen molar-refractivity contribution in [2.75, 3.05) is 74.2 Å². The molecule has 0 amide bonds. The van der Waals surface area contributed by atoms with Crippen molar-refractivity contribution >= 4 is 34.3 Å². The van der Waals surface area contributed by atoms with Crippen molar-refractivity contribution in [3.05, 3.63) is 36.7 Å². The first-order chi connectivity index (χ1) is 14.8. The number of morpholine rings is 1. The first kappa shape index (κ1) is 19.0. The van der Waals surface area contributed by atoms with E-state index in [0.717, 1.165) is 73.6 Å². The Labute approximate surface area is 175 Å². The number of ether oxygens (including phenoxy) is 1. The highest BCUT2D eigenvalue weighted by molar-refractivity contribution is 5.95. The summed E-state index contributed by atoms with van der Waals surface area (Å²) in [5.74, 6) is 2.38. The average Bonchev–Trinajstić information content (AvgIpc) is 2.84. The molecule has 2 aliphatic heterocycles. The Balaban J connectivity index is 1.66. The lowest BCUT2D eigenvalue weighted by Gasteiger charge is -2.31. The van der Waals surface area contributed by atoms with E-state index in [9.17, 15) is 0 Å². The van der Waals surface area contributed by atoms with Crippen molar-refractivity contribution in [3.8, 4) is 0 Å². The highest BCUT2D eigenvalue weighted by atomic mass is 16.5. The van der Waals surface area contributed by atoms with Crippen LogP contribution in [-0.4, -0.2) is 79.5 Å². The minimum Gasteiger partial charge on any atom is -0.378 e. The van der Waals surface area contributed by atoms with Gasteiger partial charge in [0.05, 0.1) is 13.2 Å². The van der Waals surface area contributed by atoms with E-state index in [0.29, 0.717) is 13.2 Å². The molecule has 0 saturated carbocycles. The largest absolute Gasteiger partial charge is 0.378 e. The van der Waals surface area contributed by atoms with Crippen LogP contribution in [0.25, 0.3) is 11.0 Å². The molecule has 2 saturated heterocycles. The van der Waals surface area contributed by atoms with Crippen LogP contribution >= 0.6 is 0 Å². The van der Waals surface area contributed by atoms with Crippen LogP contribution in [0.5, 0.6) is 0 Å². The number of nitrogens with zero attached hydrogens (tertiary/aromatic N) is 7. The fourth-order valence-corrected chi connectivity index (χ4v) is 3.93. The van der Waals surface area contributed by atoms with E-state index in [-0.39, 0.29) is 0 Å². The normalized spacial score (nSPS) is 17.4. The monoisotopic (exact) mass is 406 g/mol. The average molecular weight is 406 g/mol. The zero-order chi connectivity index (χ0) is 20.3. The maximum Gasteiger partial charge on any atom is 0.228 e. The van der Waals surface area contributed by atoms with Crippen molar-refractivity contribution < 1.29 is 4.74 Å². The molecule has 5 rings (SSSR count). The van der Waals surface area contributed by atoms with Gasteiger partial charge in [-0.25, -0.2) is 15.0 Å². The van der Waals surface area contributed by atoms with Gasteiger partial charge in [-0.05, 0) is 12.1 Å². The predicted molar refractivity (Wildman–Crippen MR) is 118 cm³/mol. The Morgan fingerprint density at radius 3 is 2.43 bits per heavy atom. The SMILES string of the molecule is CN(c1ccccc1)c1ncnc2c(N3CCOCC3)nc(N3CCNCC3)nc12. The van der Waals surface area contributed by atoms with Gasteiger partial charge < -0.3 is 24.8 Å². The standard InChI is InChI=1S/C21H26N8O/c1-27(16-5-3-2-4-6-16)19-18-17(23-15-24-19)20(28-11-13-30-14-12-28)26-21(25-18)29-9-7-22-8-10-29/h2-6,15,22H,7-14H2,1H3. The number of para-hydroxylation sites is 1. The van der Waals surface area contributed by atoms with Crippen LogP contribution in [0.4, 0.5) is 23.3 Å². The lowest BCUT2D eigenvalue weighted by molar-refractivity contribution is 0.122. The summed E-state index contributed by atoms with van der Waals surface area (Å²) in [6.45, 7) is 6.58. The topological polar surface area (TPSA) is 82.5 Å². The summed E-state index contributed by atoms with van der Waals surface area (Å²) in [7, 11) is 2.01. The van der Waals surface area contributed by atoms with Crippen LogP contribution in [0.2, 0.25) is 0 Å².